The molecule has 8 heteroatoms. The molecule has 2 atom stereocenters. The summed E-state index contributed by atoms with van der Waals surface area (Å²) in [5.74, 6) is -6.22. The number of unbranched alkanes of at least 4 members (excludes halogenated alkanes) is 16. The summed E-state index contributed by atoms with van der Waals surface area (Å²) in [6.07, 6.45) is 17.8. The minimum absolute atomic E-state index is 0. The molecule has 0 heterocycles. The van der Waals surface area contributed by atoms with Gasteiger partial charge in [-0.05, 0) is 12.8 Å². The number of carbonyl (C=O) groups is 4. The van der Waals surface area contributed by atoms with E-state index in [-0.39, 0.29) is 42.4 Å². The molecular formula is C29H52NNaO6. The van der Waals surface area contributed by atoms with E-state index >= 15 is 0 Å². The Hall–Kier alpha value is -0.760. The Labute approximate surface area is 247 Å². The molecule has 1 unspecified atom stereocenters. The number of hydrogen-bond acceptors (Lipinski definition) is 6. The average molecular weight is 534 g/mol. The predicted molar refractivity (Wildman–Crippen MR) is 141 cm³/mol. The van der Waals surface area contributed by atoms with Crippen molar-refractivity contribution in [3.63, 3.8) is 0 Å². The molecule has 0 aliphatic heterocycles. The van der Waals surface area contributed by atoms with Gasteiger partial charge in [-0.2, -0.15) is 0 Å². The van der Waals surface area contributed by atoms with E-state index in [0.29, 0.717) is 12.8 Å². The average Bonchev–Trinajstić information content (AvgIpc) is 2.84. The molecule has 0 rings (SSSR count). The number of aliphatic carboxylic acids is 2. The molecule has 0 aliphatic carbocycles. The first kappa shape index (κ1) is 38.4. The number of carbonyl (C=O) groups excluding carboxylic acids is 3. The minimum Gasteiger partial charge on any atom is -0.548 e. The van der Waals surface area contributed by atoms with Crippen molar-refractivity contribution in [2.45, 2.75) is 154 Å². The number of carboxylic acids is 2. The fourth-order valence-electron chi connectivity index (χ4n) is 4.74. The Morgan fingerprint density at radius 3 is 1.38 bits per heavy atom. The van der Waals surface area contributed by atoms with E-state index in [2.05, 4.69) is 13.8 Å². The summed E-state index contributed by atoms with van der Waals surface area (Å²) in [5, 5.41) is 21.3. The third-order valence-corrected chi connectivity index (χ3v) is 7.15. The second-order valence-corrected chi connectivity index (χ2v) is 10.4. The molecule has 0 amide bonds. The summed E-state index contributed by atoms with van der Waals surface area (Å²) in [6.45, 7) is 4.35. The molecule has 210 valence electrons. The van der Waals surface area contributed by atoms with Crippen LogP contribution in [0.5, 0.6) is 0 Å². The van der Waals surface area contributed by atoms with Crippen molar-refractivity contribution < 1.29 is 58.9 Å². The van der Waals surface area contributed by atoms with Crippen LogP contribution in [0, 0.1) is 5.92 Å². The van der Waals surface area contributed by atoms with Crippen molar-refractivity contribution in [2.75, 3.05) is 0 Å². The van der Waals surface area contributed by atoms with Crippen LogP contribution in [0.4, 0.5) is 0 Å². The third-order valence-electron chi connectivity index (χ3n) is 7.15. The topological polar surface area (TPSA) is 138 Å². The van der Waals surface area contributed by atoms with Crippen LogP contribution < -0.4 is 40.4 Å². The molecule has 0 radical (unpaired) electrons. The zero-order chi connectivity index (χ0) is 27.2. The van der Waals surface area contributed by atoms with Crippen LogP contribution in [-0.4, -0.2) is 34.2 Å². The number of ketones is 2. The van der Waals surface area contributed by atoms with Gasteiger partial charge in [-0.1, -0.05) is 117 Å². The van der Waals surface area contributed by atoms with Gasteiger partial charge >= 0.3 is 35.5 Å². The standard InChI is InChI=1S/C29H53NO6.Na/c1-3-5-7-9-11-13-15-17-19-21-25(31)24(23-27(33)34)29(30,28(35)36)26(32)22-20-18-16-14-12-10-8-6-4-2;/h24H,3-23,30H2,1-2H3,(H,33,34)(H,35,36);/q;+1/p-1/t24?,29-;/m1./s1. The predicted octanol–water partition coefficient (Wildman–Crippen LogP) is 2.51. The molecular weight excluding hydrogens is 481 g/mol. The normalized spacial score (nSPS) is 13.4. The van der Waals surface area contributed by atoms with Crippen LogP contribution in [0.3, 0.4) is 0 Å². The number of hydrogen-bond donors (Lipinski definition) is 2. The summed E-state index contributed by atoms with van der Waals surface area (Å²) in [4.78, 5) is 49.1. The van der Waals surface area contributed by atoms with Gasteiger partial charge in [0.05, 0.1) is 18.3 Å². The number of Topliss-reactive ketones (excluding diaryl/α,β-unsaturated/α-hetero) is 2. The van der Waals surface area contributed by atoms with Crippen molar-refractivity contribution >= 4 is 23.5 Å². The molecule has 3 N–H and O–H groups in total. The van der Waals surface area contributed by atoms with Gasteiger partial charge in [-0.15, -0.1) is 0 Å². The van der Waals surface area contributed by atoms with E-state index in [1.165, 1.54) is 51.4 Å². The quantitative estimate of drug-likeness (QED) is 0.0990. The van der Waals surface area contributed by atoms with E-state index in [4.69, 9.17) is 5.73 Å². The van der Waals surface area contributed by atoms with Crippen LogP contribution in [0.25, 0.3) is 0 Å². The van der Waals surface area contributed by atoms with Crippen LogP contribution in [0.2, 0.25) is 0 Å². The molecule has 0 saturated heterocycles. The maximum Gasteiger partial charge on any atom is 1.00 e. The van der Waals surface area contributed by atoms with Gasteiger partial charge in [0.1, 0.15) is 11.3 Å². The van der Waals surface area contributed by atoms with Crippen molar-refractivity contribution in [2.24, 2.45) is 11.7 Å². The summed E-state index contributed by atoms with van der Waals surface area (Å²) >= 11 is 0. The third kappa shape index (κ3) is 17.4. The minimum atomic E-state index is -2.60. The van der Waals surface area contributed by atoms with Gasteiger partial charge in [-0.3, -0.25) is 14.4 Å². The molecule has 0 saturated carbocycles. The van der Waals surface area contributed by atoms with Crippen molar-refractivity contribution in [1.82, 2.24) is 0 Å². The molecule has 0 aromatic rings. The van der Waals surface area contributed by atoms with Gasteiger partial charge in [0.15, 0.2) is 5.78 Å². The second-order valence-electron chi connectivity index (χ2n) is 10.4. The molecule has 0 aromatic carbocycles. The van der Waals surface area contributed by atoms with Crippen molar-refractivity contribution in [3.8, 4) is 0 Å². The summed E-state index contributed by atoms with van der Waals surface area (Å²) in [5.41, 5.74) is 3.40. The fraction of sp³-hybridized carbons (Fsp3) is 0.862. The van der Waals surface area contributed by atoms with Gasteiger partial charge < -0.3 is 20.7 Å². The molecule has 0 fully saturated rings. The van der Waals surface area contributed by atoms with Gasteiger partial charge in [-0.25, -0.2) is 0 Å². The van der Waals surface area contributed by atoms with E-state index in [1.54, 1.807) is 0 Å². The zero-order valence-electron chi connectivity index (χ0n) is 24.0. The number of carboxylic acid groups (broad SMARTS) is 2. The molecule has 0 spiro atoms. The molecule has 7 nitrogen and oxygen atoms in total. The monoisotopic (exact) mass is 533 g/mol. The first-order chi connectivity index (χ1) is 17.2. The Bertz CT molecular complexity index is 642. The largest absolute Gasteiger partial charge is 1.00 e. The SMILES string of the molecule is CCCCCCCCCCCC(=O)C(CC(=O)O)[C@](N)(C(=O)[O-])C(=O)CCCCCCCCCCC.[Na+]. The Morgan fingerprint density at radius 1 is 0.676 bits per heavy atom. The molecule has 37 heavy (non-hydrogen) atoms. The zero-order valence-corrected chi connectivity index (χ0v) is 26.0. The fourth-order valence-corrected chi connectivity index (χ4v) is 4.74. The van der Waals surface area contributed by atoms with Gasteiger partial charge in [0, 0.05) is 12.8 Å². The van der Waals surface area contributed by atoms with Crippen LogP contribution in [-0.2, 0) is 19.2 Å². The summed E-state index contributed by atoms with van der Waals surface area (Å²) in [7, 11) is 0. The van der Waals surface area contributed by atoms with Crippen LogP contribution in [0.15, 0.2) is 0 Å². The van der Waals surface area contributed by atoms with Gasteiger partial charge in [0.2, 0.25) is 0 Å². The van der Waals surface area contributed by atoms with Crippen molar-refractivity contribution in [1.29, 1.82) is 0 Å². The smallest absolute Gasteiger partial charge is 0.548 e. The number of nitrogens with two attached hydrogens (primary N) is 1. The Kier molecular flexibility index (Phi) is 25.2. The van der Waals surface area contributed by atoms with Crippen LogP contribution >= 0.6 is 0 Å². The van der Waals surface area contributed by atoms with Crippen LogP contribution in [0.1, 0.15) is 149 Å². The molecule has 0 aliphatic rings. The van der Waals surface area contributed by atoms with E-state index in [1.807, 2.05) is 0 Å². The second kappa shape index (κ2) is 24.3. The maximum absolute atomic E-state index is 12.9. The van der Waals surface area contributed by atoms with E-state index in [0.717, 1.165) is 51.4 Å². The maximum atomic E-state index is 12.9. The number of rotatable bonds is 26. The first-order valence-corrected chi connectivity index (χ1v) is 14.5. The molecule has 0 aromatic heterocycles. The Balaban J connectivity index is 0. The Morgan fingerprint density at radius 2 is 1.03 bits per heavy atom. The van der Waals surface area contributed by atoms with E-state index in [9.17, 15) is 29.4 Å². The summed E-state index contributed by atoms with van der Waals surface area (Å²) in [6, 6.07) is 0. The first-order valence-electron chi connectivity index (χ1n) is 14.5. The molecule has 0 bridgehead atoms. The van der Waals surface area contributed by atoms with E-state index < -0.39 is 41.4 Å². The van der Waals surface area contributed by atoms with Crippen molar-refractivity contribution in [3.05, 3.63) is 0 Å². The summed E-state index contributed by atoms with van der Waals surface area (Å²) < 4.78 is 0. The van der Waals surface area contributed by atoms with Gasteiger partial charge in [0.25, 0.3) is 0 Å².